The van der Waals surface area contributed by atoms with E-state index in [0.29, 0.717) is 0 Å². The van der Waals surface area contributed by atoms with Gasteiger partial charge in [0.15, 0.2) is 0 Å². The number of nitrogens with one attached hydrogen (secondary N) is 2. The SMILES string of the molecule is COCCCNCCc1ccc2c(c1)CCN2. The standard InChI is InChI=1S/C14H22N2O/c1-17-10-2-7-15-8-5-12-3-4-14-13(11-12)6-9-16-14/h3-4,11,15-16H,2,5-10H2,1H3. The van der Waals surface area contributed by atoms with E-state index in [1.54, 1.807) is 7.11 Å². The number of ether oxygens (including phenoxy) is 1. The van der Waals surface area contributed by atoms with Crippen LogP contribution in [0.1, 0.15) is 17.5 Å². The van der Waals surface area contributed by atoms with Crippen LogP contribution in [0.15, 0.2) is 18.2 Å². The molecule has 0 radical (unpaired) electrons. The van der Waals surface area contributed by atoms with Gasteiger partial charge in [0.25, 0.3) is 0 Å². The summed E-state index contributed by atoms with van der Waals surface area (Å²) in [7, 11) is 1.75. The molecule has 0 saturated heterocycles. The summed E-state index contributed by atoms with van der Waals surface area (Å²) in [6, 6.07) is 6.78. The summed E-state index contributed by atoms with van der Waals surface area (Å²) >= 11 is 0. The lowest BCUT2D eigenvalue weighted by Gasteiger charge is -2.06. The summed E-state index contributed by atoms with van der Waals surface area (Å²) in [6.07, 6.45) is 3.37. The predicted molar refractivity (Wildman–Crippen MR) is 71.7 cm³/mol. The molecule has 0 bridgehead atoms. The van der Waals surface area contributed by atoms with E-state index in [2.05, 4.69) is 28.8 Å². The Morgan fingerprint density at radius 1 is 1.35 bits per heavy atom. The van der Waals surface area contributed by atoms with Gasteiger partial charge in [0.1, 0.15) is 0 Å². The first-order valence-electron chi connectivity index (χ1n) is 6.45. The third-order valence-electron chi connectivity index (χ3n) is 3.17. The van der Waals surface area contributed by atoms with Crippen LogP contribution in [0.25, 0.3) is 0 Å². The van der Waals surface area contributed by atoms with Crippen molar-refractivity contribution in [3.8, 4) is 0 Å². The second kappa shape index (κ2) is 6.62. The Morgan fingerprint density at radius 2 is 2.29 bits per heavy atom. The molecule has 94 valence electrons. The molecular weight excluding hydrogens is 212 g/mol. The molecule has 0 saturated carbocycles. The average Bonchev–Trinajstić information content (AvgIpc) is 2.81. The summed E-state index contributed by atoms with van der Waals surface area (Å²) in [5, 5.41) is 6.83. The maximum Gasteiger partial charge on any atom is 0.0474 e. The number of methoxy groups -OCH3 is 1. The highest BCUT2D eigenvalue weighted by Gasteiger charge is 2.09. The molecule has 0 aliphatic carbocycles. The van der Waals surface area contributed by atoms with Crippen molar-refractivity contribution >= 4 is 5.69 Å². The average molecular weight is 234 g/mol. The van der Waals surface area contributed by atoms with Crippen LogP contribution in [-0.4, -0.2) is 33.4 Å². The number of benzene rings is 1. The van der Waals surface area contributed by atoms with Crippen molar-refractivity contribution in [2.75, 3.05) is 38.7 Å². The zero-order valence-electron chi connectivity index (χ0n) is 10.6. The molecular formula is C14H22N2O. The maximum atomic E-state index is 5.01. The molecule has 3 nitrogen and oxygen atoms in total. The molecule has 0 unspecified atom stereocenters. The molecule has 1 aromatic carbocycles. The molecule has 0 aromatic heterocycles. The normalized spacial score (nSPS) is 13.5. The van der Waals surface area contributed by atoms with E-state index in [4.69, 9.17) is 4.74 Å². The second-order valence-corrected chi connectivity index (χ2v) is 4.51. The molecule has 2 rings (SSSR count). The first-order chi connectivity index (χ1) is 8.40. The number of rotatable bonds is 7. The van der Waals surface area contributed by atoms with Gasteiger partial charge in [-0.25, -0.2) is 0 Å². The number of hydrogen-bond donors (Lipinski definition) is 2. The summed E-state index contributed by atoms with van der Waals surface area (Å²) in [6.45, 7) is 4.03. The van der Waals surface area contributed by atoms with Crippen LogP contribution in [0.4, 0.5) is 5.69 Å². The van der Waals surface area contributed by atoms with Gasteiger partial charge in [-0.1, -0.05) is 12.1 Å². The van der Waals surface area contributed by atoms with Gasteiger partial charge in [-0.15, -0.1) is 0 Å². The van der Waals surface area contributed by atoms with E-state index >= 15 is 0 Å². The molecule has 1 aliphatic rings. The lowest BCUT2D eigenvalue weighted by Crippen LogP contribution is -2.19. The van der Waals surface area contributed by atoms with Crippen molar-refractivity contribution in [3.05, 3.63) is 29.3 Å². The third-order valence-corrected chi connectivity index (χ3v) is 3.17. The number of fused-ring (bicyclic) bond motifs is 1. The van der Waals surface area contributed by atoms with E-state index < -0.39 is 0 Å². The van der Waals surface area contributed by atoms with E-state index in [0.717, 1.165) is 39.1 Å². The lowest BCUT2D eigenvalue weighted by molar-refractivity contribution is 0.194. The third kappa shape index (κ3) is 3.72. The zero-order valence-corrected chi connectivity index (χ0v) is 10.6. The molecule has 0 spiro atoms. The van der Waals surface area contributed by atoms with E-state index in [1.807, 2.05) is 0 Å². The summed E-state index contributed by atoms with van der Waals surface area (Å²) in [5.74, 6) is 0. The minimum Gasteiger partial charge on any atom is -0.385 e. The molecule has 3 heteroatoms. The van der Waals surface area contributed by atoms with Crippen LogP contribution < -0.4 is 10.6 Å². The Kier molecular flexibility index (Phi) is 4.83. The van der Waals surface area contributed by atoms with Crippen molar-refractivity contribution in [2.45, 2.75) is 19.3 Å². The molecule has 1 aromatic rings. The zero-order chi connectivity index (χ0) is 11.9. The van der Waals surface area contributed by atoms with Crippen LogP contribution >= 0.6 is 0 Å². The number of hydrogen-bond acceptors (Lipinski definition) is 3. The van der Waals surface area contributed by atoms with E-state index in [1.165, 1.54) is 23.2 Å². The van der Waals surface area contributed by atoms with E-state index in [-0.39, 0.29) is 0 Å². The molecule has 17 heavy (non-hydrogen) atoms. The van der Waals surface area contributed by atoms with Crippen LogP contribution in [0, 0.1) is 0 Å². The van der Waals surface area contributed by atoms with Crippen LogP contribution in [0.2, 0.25) is 0 Å². The van der Waals surface area contributed by atoms with E-state index in [9.17, 15) is 0 Å². The van der Waals surface area contributed by atoms with Gasteiger partial charge in [0.05, 0.1) is 0 Å². The van der Waals surface area contributed by atoms with Gasteiger partial charge >= 0.3 is 0 Å². The Hall–Kier alpha value is -1.06. The first-order valence-corrected chi connectivity index (χ1v) is 6.45. The first kappa shape index (κ1) is 12.4. The smallest absolute Gasteiger partial charge is 0.0474 e. The molecule has 0 atom stereocenters. The quantitative estimate of drug-likeness (QED) is 0.706. The molecule has 2 N–H and O–H groups in total. The minimum absolute atomic E-state index is 0.845. The van der Waals surface area contributed by atoms with Crippen LogP contribution in [-0.2, 0) is 17.6 Å². The van der Waals surface area contributed by atoms with Crippen molar-refractivity contribution in [3.63, 3.8) is 0 Å². The fourth-order valence-electron chi connectivity index (χ4n) is 2.21. The van der Waals surface area contributed by atoms with Crippen LogP contribution in [0.3, 0.4) is 0 Å². The Balaban J connectivity index is 1.69. The van der Waals surface area contributed by atoms with Gasteiger partial charge in [0, 0.05) is 25.9 Å². The van der Waals surface area contributed by atoms with Crippen molar-refractivity contribution < 1.29 is 4.74 Å². The highest BCUT2D eigenvalue weighted by Crippen LogP contribution is 2.22. The largest absolute Gasteiger partial charge is 0.385 e. The predicted octanol–water partition coefficient (Wildman–Crippen LogP) is 1.82. The number of anilines is 1. The highest BCUT2D eigenvalue weighted by atomic mass is 16.5. The van der Waals surface area contributed by atoms with Gasteiger partial charge in [-0.3, -0.25) is 0 Å². The fourth-order valence-corrected chi connectivity index (χ4v) is 2.21. The van der Waals surface area contributed by atoms with Crippen molar-refractivity contribution in [1.29, 1.82) is 0 Å². The topological polar surface area (TPSA) is 33.3 Å². The fraction of sp³-hybridized carbons (Fsp3) is 0.571. The molecule has 0 amide bonds. The molecule has 1 aliphatic heterocycles. The Morgan fingerprint density at radius 3 is 3.18 bits per heavy atom. The molecule has 0 fully saturated rings. The van der Waals surface area contributed by atoms with Crippen molar-refractivity contribution in [1.82, 2.24) is 5.32 Å². The second-order valence-electron chi connectivity index (χ2n) is 4.51. The van der Waals surface area contributed by atoms with Gasteiger partial charge < -0.3 is 15.4 Å². The summed E-state index contributed by atoms with van der Waals surface area (Å²) in [4.78, 5) is 0. The summed E-state index contributed by atoms with van der Waals surface area (Å²) < 4.78 is 5.01. The van der Waals surface area contributed by atoms with Gasteiger partial charge in [0.2, 0.25) is 0 Å². The van der Waals surface area contributed by atoms with Gasteiger partial charge in [-0.05, 0) is 49.5 Å². The van der Waals surface area contributed by atoms with Gasteiger partial charge in [-0.2, -0.15) is 0 Å². The van der Waals surface area contributed by atoms with Crippen molar-refractivity contribution in [2.24, 2.45) is 0 Å². The Bertz CT molecular complexity index is 352. The minimum atomic E-state index is 0.845. The van der Waals surface area contributed by atoms with Crippen LogP contribution in [0.5, 0.6) is 0 Å². The monoisotopic (exact) mass is 234 g/mol. The maximum absolute atomic E-state index is 5.01. The Labute approximate surface area is 104 Å². The highest BCUT2D eigenvalue weighted by molar-refractivity contribution is 5.56. The molecule has 1 heterocycles. The summed E-state index contributed by atoms with van der Waals surface area (Å²) in [5.41, 5.74) is 4.23. The lowest BCUT2D eigenvalue weighted by atomic mass is 10.1.